The Hall–Kier alpha value is -3.95. The fourth-order valence-corrected chi connectivity index (χ4v) is 5.28. The van der Waals surface area contributed by atoms with Gasteiger partial charge in [0.05, 0.1) is 22.6 Å². The van der Waals surface area contributed by atoms with Gasteiger partial charge in [0.1, 0.15) is 10.7 Å². The molecule has 2 amide bonds. The van der Waals surface area contributed by atoms with E-state index in [1.54, 1.807) is 0 Å². The zero-order chi connectivity index (χ0) is 25.2. The predicted octanol–water partition coefficient (Wildman–Crippen LogP) is 4.79. The number of benzene rings is 2. The molecule has 3 heterocycles. The molecule has 1 aliphatic rings. The van der Waals surface area contributed by atoms with E-state index in [2.05, 4.69) is 21.3 Å². The number of fused-ring (bicyclic) bond motifs is 5. The van der Waals surface area contributed by atoms with Gasteiger partial charge < -0.3 is 26.2 Å². The van der Waals surface area contributed by atoms with Crippen LogP contribution >= 0.6 is 11.3 Å². The van der Waals surface area contributed by atoms with Crippen LogP contribution in [0, 0.1) is 0 Å². The number of carbonyl (C=O) groups excluding carboxylic acids is 2. The van der Waals surface area contributed by atoms with Crippen molar-refractivity contribution in [3.05, 3.63) is 65.6 Å². The van der Waals surface area contributed by atoms with Gasteiger partial charge in [-0.25, -0.2) is 4.98 Å². The van der Waals surface area contributed by atoms with Gasteiger partial charge in [0.2, 0.25) is 5.91 Å². The summed E-state index contributed by atoms with van der Waals surface area (Å²) in [4.78, 5) is 32.6. The number of hydrogen-bond acceptors (Lipinski definition) is 7. The van der Waals surface area contributed by atoms with Crippen molar-refractivity contribution in [3.8, 4) is 0 Å². The van der Waals surface area contributed by atoms with Crippen LogP contribution in [0.3, 0.4) is 0 Å². The minimum absolute atomic E-state index is 0.0432. The molecule has 0 aliphatic carbocycles. The molecule has 8 nitrogen and oxygen atoms in total. The van der Waals surface area contributed by atoms with E-state index in [0.29, 0.717) is 29.5 Å². The highest BCUT2D eigenvalue weighted by Crippen LogP contribution is 2.41. The fraction of sp³-hybridized carbons (Fsp3) is 0.222. The number of pyridine rings is 1. The van der Waals surface area contributed by atoms with Gasteiger partial charge in [0.25, 0.3) is 5.91 Å². The van der Waals surface area contributed by atoms with E-state index in [1.165, 1.54) is 17.4 Å². The number of aromatic nitrogens is 1. The van der Waals surface area contributed by atoms with Gasteiger partial charge >= 0.3 is 0 Å². The van der Waals surface area contributed by atoms with Crippen molar-refractivity contribution < 1.29 is 9.59 Å². The Kier molecular flexibility index (Phi) is 6.58. The van der Waals surface area contributed by atoms with Crippen molar-refractivity contribution in [2.75, 3.05) is 43.1 Å². The number of rotatable bonds is 6. The fourth-order valence-electron chi connectivity index (χ4n) is 4.18. The van der Waals surface area contributed by atoms with Crippen LogP contribution in [0.4, 0.5) is 22.9 Å². The number of hydrogen-bond donors (Lipinski definition) is 4. The standard InChI is InChI=1S/C27H28N6O2S/c1-16-15-28-25-24-17-10-13-22(30-18(17)11-12-21(24)36-26(25)27(35)29-16)31-19-7-4-5-8-20(19)32-23(34)9-6-14-33(2)3/h4-13,16,28H,14-15H2,1-3H3,(H,29,35)(H,30,31)(H,32,34)/t16-/m1/s1. The van der Waals surface area contributed by atoms with Crippen LogP contribution in [-0.4, -0.2) is 54.9 Å². The lowest BCUT2D eigenvalue weighted by Gasteiger charge is -2.13. The maximum Gasteiger partial charge on any atom is 0.263 e. The van der Waals surface area contributed by atoms with Crippen LogP contribution in [0.15, 0.2) is 60.7 Å². The summed E-state index contributed by atoms with van der Waals surface area (Å²) in [7, 11) is 3.90. The normalized spacial score (nSPS) is 15.6. The Morgan fingerprint density at radius 2 is 1.97 bits per heavy atom. The third kappa shape index (κ3) is 4.89. The van der Waals surface area contributed by atoms with E-state index in [1.807, 2.05) is 80.5 Å². The molecule has 5 rings (SSSR count). The minimum atomic E-state index is -0.191. The predicted molar refractivity (Wildman–Crippen MR) is 149 cm³/mol. The minimum Gasteiger partial charge on any atom is -0.381 e. The summed E-state index contributed by atoms with van der Waals surface area (Å²) < 4.78 is 1.04. The molecule has 9 heteroatoms. The summed E-state index contributed by atoms with van der Waals surface area (Å²) in [6.07, 6.45) is 3.36. The summed E-state index contributed by atoms with van der Waals surface area (Å²) in [5.41, 5.74) is 3.11. The summed E-state index contributed by atoms with van der Waals surface area (Å²) >= 11 is 1.49. The molecule has 184 valence electrons. The lowest BCUT2D eigenvalue weighted by Crippen LogP contribution is -2.34. The zero-order valence-corrected chi connectivity index (χ0v) is 21.2. The van der Waals surface area contributed by atoms with Crippen molar-refractivity contribution in [1.82, 2.24) is 15.2 Å². The highest BCUT2D eigenvalue weighted by atomic mass is 32.1. The van der Waals surface area contributed by atoms with E-state index in [9.17, 15) is 9.59 Å². The average molecular weight is 501 g/mol. The first-order valence-electron chi connectivity index (χ1n) is 11.8. The Bertz CT molecular complexity index is 1490. The van der Waals surface area contributed by atoms with Crippen molar-refractivity contribution in [2.45, 2.75) is 13.0 Å². The molecule has 2 aromatic carbocycles. The molecular formula is C27H28N6O2S. The van der Waals surface area contributed by atoms with E-state index >= 15 is 0 Å². The molecule has 4 aromatic rings. The third-order valence-electron chi connectivity index (χ3n) is 5.88. The number of nitrogens with zero attached hydrogens (tertiary/aromatic N) is 2. The van der Waals surface area contributed by atoms with Gasteiger partial charge in [-0.05, 0) is 57.4 Å². The molecule has 0 fully saturated rings. The molecule has 36 heavy (non-hydrogen) atoms. The Balaban J connectivity index is 1.44. The van der Waals surface area contributed by atoms with Crippen LogP contribution in [0.5, 0.6) is 0 Å². The number of likely N-dealkylation sites (N-methyl/N-ethyl adjacent to an activating group) is 1. The second kappa shape index (κ2) is 9.96. The number of amides is 2. The number of anilines is 4. The maximum atomic E-state index is 12.7. The van der Waals surface area contributed by atoms with Crippen molar-refractivity contribution in [2.24, 2.45) is 0 Å². The van der Waals surface area contributed by atoms with E-state index < -0.39 is 0 Å². The molecule has 0 saturated carbocycles. The summed E-state index contributed by atoms with van der Waals surface area (Å²) in [6, 6.07) is 15.5. The maximum absolute atomic E-state index is 12.7. The second-order valence-electron chi connectivity index (χ2n) is 9.09. The molecule has 1 aliphatic heterocycles. The SMILES string of the molecule is C[C@@H]1CNc2c(sc3ccc4nc(Nc5ccccc5NC(=O)C=CCN(C)C)ccc4c23)C(=O)N1. The monoisotopic (exact) mass is 500 g/mol. The van der Waals surface area contributed by atoms with Crippen molar-refractivity contribution in [3.63, 3.8) is 0 Å². The quantitative estimate of drug-likeness (QED) is 0.284. The Labute approximate surface area is 213 Å². The molecule has 0 bridgehead atoms. The molecule has 1 atom stereocenters. The number of nitrogens with one attached hydrogen (secondary N) is 4. The van der Waals surface area contributed by atoms with Crippen LogP contribution in [0.2, 0.25) is 0 Å². The van der Waals surface area contributed by atoms with Gasteiger partial charge in [0, 0.05) is 40.7 Å². The van der Waals surface area contributed by atoms with E-state index in [0.717, 1.165) is 32.4 Å². The van der Waals surface area contributed by atoms with Gasteiger partial charge in [-0.15, -0.1) is 11.3 Å². The van der Waals surface area contributed by atoms with Gasteiger partial charge in [0.15, 0.2) is 0 Å². The lowest BCUT2D eigenvalue weighted by atomic mass is 10.1. The molecule has 4 N–H and O–H groups in total. The van der Waals surface area contributed by atoms with E-state index in [4.69, 9.17) is 4.98 Å². The van der Waals surface area contributed by atoms with Crippen LogP contribution < -0.4 is 21.3 Å². The molecule has 0 unspecified atom stereocenters. The summed E-state index contributed by atoms with van der Waals surface area (Å²) in [5, 5.41) is 14.8. The third-order valence-corrected chi connectivity index (χ3v) is 7.03. The molecular weight excluding hydrogens is 472 g/mol. The average Bonchev–Trinajstić information content (AvgIpc) is 3.16. The first kappa shape index (κ1) is 23.8. The van der Waals surface area contributed by atoms with Gasteiger partial charge in [-0.2, -0.15) is 0 Å². The highest BCUT2D eigenvalue weighted by molar-refractivity contribution is 7.21. The summed E-state index contributed by atoms with van der Waals surface area (Å²) in [5.74, 6) is 0.426. The summed E-state index contributed by atoms with van der Waals surface area (Å²) in [6.45, 7) is 3.34. The second-order valence-corrected chi connectivity index (χ2v) is 10.1. The lowest BCUT2D eigenvalue weighted by molar-refractivity contribution is -0.111. The van der Waals surface area contributed by atoms with Crippen molar-refractivity contribution in [1.29, 1.82) is 0 Å². The molecule has 2 aromatic heterocycles. The van der Waals surface area contributed by atoms with Crippen molar-refractivity contribution >= 4 is 67.0 Å². The zero-order valence-electron chi connectivity index (χ0n) is 20.4. The van der Waals surface area contributed by atoms with E-state index in [-0.39, 0.29) is 17.9 Å². The number of carbonyl (C=O) groups is 2. The Morgan fingerprint density at radius 1 is 1.17 bits per heavy atom. The van der Waals surface area contributed by atoms with Crippen LogP contribution in [-0.2, 0) is 4.79 Å². The van der Waals surface area contributed by atoms with Gasteiger partial charge in [-0.3, -0.25) is 9.59 Å². The smallest absolute Gasteiger partial charge is 0.263 e. The van der Waals surface area contributed by atoms with Crippen LogP contribution in [0.25, 0.3) is 21.0 Å². The Morgan fingerprint density at radius 3 is 2.78 bits per heavy atom. The molecule has 0 spiro atoms. The van der Waals surface area contributed by atoms with Gasteiger partial charge in [-0.1, -0.05) is 18.2 Å². The number of thiophene rings is 1. The first-order valence-corrected chi connectivity index (χ1v) is 12.6. The number of para-hydroxylation sites is 2. The largest absolute Gasteiger partial charge is 0.381 e. The topological polar surface area (TPSA) is 98.4 Å². The molecule has 0 radical (unpaired) electrons. The van der Waals surface area contributed by atoms with Crippen LogP contribution in [0.1, 0.15) is 16.6 Å². The first-order chi connectivity index (χ1) is 17.4. The molecule has 0 saturated heterocycles. The highest BCUT2D eigenvalue weighted by Gasteiger charge is 2.24.